The first-order valence-electron chi connectivity index (χ1n) is 7.30. The molecule has 0 bridgehead atoms. The van der Waals surface area contributed by atoms with Crippen LogP contribution < -0.4 is 5.32 Å². The van der Waals surface area contributed by atoms with E-state index in [4.69, 9.17) is 0 Å². The van der Waals surface area contributed by atoms with Crippen molar-refractivity contribution in [3.05, 3.63) is 34.3 Å². The number of nitrogens with one attached hydrogen (secondary N) is 1. The van der Waals surface area contributed by atoms with Crippen LogP contribution in [-0.4, -0.2) is 12.6 Å². The standard InChI is InChI=1S/C16H22BrN/c17-16-6-2-1-5-15(16)13-10-14(11-13)18-9-3-4-12-7-8-12/h1-2,5-6,12-14,18H,3-4,7-11H2. The van der Waals surface area contributed by atoms with Gasteiger partial charge in [0, 0.05) is 10.5 Å². The summed E-state index contributed by atoms with van der Waals surface area (Å²) in [4.78, 5) is 0. The lowest BCUT2D eigenvalue weighted by molar-refractivity contribution is 0.288. The van der Waals surface area contributed by atoms with E-state index in [1.165, 1.54) is 55.1 Å². The molecule has 0 unspecified atom stereocenters. The Morgan fingerprint density at radius 3 is 2.67 bits per heavy atom. The SMILES string of the molecule is Brc1ccccc1C1CC(NCCCC2CC2)C1. The molecule has 3 rings (SSSR count). The normalized spacial score (nSPS) is 26.9. The van der Waals surface area contributed by atoms with Gasteiger partial charge in [-0.15, -0.1) is 0 Å². The van der Waals surface area contributed by atoms with Gasteiger partial charge in [-0.1, -0.05) is 47.0 Å². The predicted molar refractivity (Wildman–Crippen MR) is 79.9 cm³/mol. The van der Waals surface area contributed by atoms with E-state index < -0.39 is 0 Å². The number of rotatable bonds is 6. The zero-order valence-corrected chi connectivity index (χ0v) is 12.5. The highest BCUT2D eigenvalue weighted by molar-refractivity contribution is 9.10. The third-order valence-electron chi connectivity index (χ3n) is 4.40. The third-order valence-corrected chi connectivity index (χ3v) is 5.12. The van der Waals surface area contributed by atoms with E-state index in [1.54, 1.807) is 0 Å². The summed E-state index contributed by atoms with van der Waals surface area (Å²) in [6, 6.07) is 9.43. The van der Waals surface area contributed by atoms with Crippen molar-refractivity contribution < 1.29 is 0 Å². The minimum atomic E-state index is 0.765. The molecule has 0 saturated heterocycles. The Hall–Kier alpha value is -0.340. The molecule has 2 saturated carbocycles. The van der Waals surface area contributed by atoms with Gasteiger partial charge < -0.3 is 5.32 Å². The fourth-order valence-electron chi connectivity index (χ4n) is 2.95. The van der Waals surface area contributed by atoms with Crippen molar-refractivity contribution in [2.45, 2.75) is 50.5 Å². The molecule has 2 fully saturated rings. The Bertz CT molecular complexity index is 394. The van der Waals surface area contributed by atoms with Gasteiger partial charge >= 0.3 is 0 Å². The van der Waals surface area contributed by atoms with E-state index in [1.807, 2.05) is 0 Å². The Morgan fingerprint density at radius 2 is 1.94 bits per heavy atom. The van der Waals surface area contributed by atoms with E-state index in [9.17, 15) is 0 Å². The summed E-state index contributed by atoms with van der Waals surface area (Å²) in [5.41, 5.74) is 1.49. The number of hydrogen-bond donors (Lipinski definition) is 1. The van der Waals surface area contributed by atoms with E-state index in [0.29, 0.717) is 0 Å². The summed E-state index contributed by atoms with van der Waals surface area (Å²) < 4.78 is 1.28. The molecule has 0 radical (unpaired) electrons. The summed E-state index contributed by atoms with van der Waals surface area (Å²) in [5, 5.41) is 3.71. The molecule has 1 aromatic carbocycles. The van der Waals surface area contributed by atoms with Crippen LogP contribution in [0, 0.1) is 5.92 Å². The molecule has 0 amide bonds. The van der Waals surface area contributed by atoms with Crippen LogP contribution in [0.3, 0.4) is 0 Å². The summed E-state index contributed by atoms with van der Waals surface area (Å²) in [5.74, 6) is 1.85. The molecule has 0 aliphatic heterocycles. The maximum atomic E-state index is 3.71. The molecule has 1 nitrogen and oxygen atoms in total. The van der Waals surface area contributed by atoms with Gasteiger partial charge in [-0.05, 0) is 55.7 Å². The second-order valence-electron chi connectivity index (χ2n) is 5.93. The molecule has 0 atom stereocenters. The van der Waals surface area contributed by atoms with E-state index in [-0.39, 0.29) is 0 Å². The quantitative estimate of drug-likeness (QED) is 0.764. The van der Waals surface area contributed by atoms with Gasteiger partial charge in [-0.25, -0.2) is 0 Å². The van der Waals surface area contributed by atoms with Gasteiger partial charge in [-0.3, -0.25) is 0 Å². The van der Waals surface area contributed by atoms with Crippen molar-refractivity contribution in [3.8, 4) is 0 Å². The molecule has 2 aliphatic rings. The van der Waals surface area contributed by atoms with Gasteiger partial charge in [0.1, 0.15) is 0 Å². The minimum Gasteiger partial charge on any atom is -0.314 e. The van der Waals surface area contributed by atoms with Gasteiger partial charge in [0.05, 0.1) is 0 Å². The highest BCUT2D eigenvalue weighted by Gasteiger charge is 2.30. The number of benzene rings is 1. The monoisotopic (exact) mass is 307 g/mol. The summed E-state index contributed by atoms with van der Waals surface area (Å²) in [7, 11) is 0. The van der Waals surface area contributed by atoms with Crippen molar-refractivity contribution in [3.63, 3.8) is 0 Å². The molecular formula is C16H22BrN. The van der Waals surface area contributed by atoms with Crippen LogP contribution in [0.25, 0.3) is 0 Å². The average molecular weight is 308 g/mol. The molecule has 1 aromatic rings. The second-order valence-corrected chi connectivity index (χ2v) is 6.78. The topological polar surface area (TPSA) is 12.0 Å². The average Bonchev–Trinajstić information content (AvgIpc) is 3.12. The third kappa shape index (κ3) is 3.16. The molecule has 1 N–H and O–H groups in total. The van der Waals surface area contributed by atoms with Crippen LogP contribution in [0.1, 0.15) is 50.0 Å². The Balaban J connectivity index is 1.36. The summed E-state index contributed by atoms with van der Waals surface area (Å²) in [6.07, 6.45) is 8.44. The molecule has 0 spiro atoms. The largest absolute Gasteiger partial charge is 0.314 e. The van der Waals surface area contributed by atoms with Crippen molar-refractivity contribution in [2.24, 2.45) is 5.92 Å². The summed E-state index contributed by atoms with van der Waals surface area (Å²) in [6.45, 7) is 1.23. The lowest BCUT2D eigenvalue weighted by atomic mass is 9.76. The van der Waals surface area contributed by atoms with Crippen LogP contribution >= 0.6 is 15.9 Å². The van der Waals surface area contributed by atoms with Crippen LogP contribution in [-0.2, 0) is 0 Å². The summed E-state index contributed by atoms with van der Waals surface area (Å²) >= 11 is 3.66. The smallest absolute Gasteiger partial charge is 0.0210 e. The Kier molecular flexibility index (Phi) is 4.05. The minimum absolute atomic E-state index is 0.765. The molecular weight excluding hydrogens is 286 g/mol. The Morgan fingerprint density at radius 1 is 1.17 bits per heavy atom. The predicted octanol–water partition coefficient (Wildman–Crippen LogP) is 4.47. The van der Waals surface area contributed by atoms with E-state index in [0.717, 1.165) is 17.9 Å². The fraction of sp³-hybridized carbons (Fsp3) is 0.625. The van der Waals surface area contributed by atoms with Gasteiger partial charge in [0.25, 0.3) is 0 Å². The molecule has 0 heterocycles. The van der Waals surface area contributed by atoms with Gasteiger partial charge in [0.2, 0.25) is 0 Å². The zero-order chi connectivity index (χ0) is 12.4. The first-order chi connectivity index (χ1) is 8.83. The molecule has 0 aromatic heterocycles. The molecule has 2 heteroatoms. The van der Waals surface area contributed by atoms with Crippen molar-refractivity contribution in [2.75, 3.05) is 6.54 Å². The van der Waals surface area contributed by atoms with Crippen LogP contribution in [0.2, 0.25) is 0 Å². The fourth-order valence-corrected chi connectivity index (χ4v) is 3.56. The van der Waals surface area contributed by atoms with Crippen LogP contribution in [0.5, 0.6) is 0 Å². The van der Waals surface area contributed by atoms with Crippen molar-refractivity contribution in [1.82, 2.24) is 5.32 Å². The zero-order valence-electron chi connectivity index (χ0n) is 10.9. The Labute approximate surface area is 118 Å². The van der Waals surface area contributed by atoms with Crippen molar-refractivity contribution >= 4 is 15.9 Å². The van der Waals surface area contributed by atoms with Crippen LogP contribution in [0.4, 0.5) is 0 Å². The highest BCUT2D eigenvalue weighted by atomic mass is 79.9. The highest BCUT2D eigenvalue weighted by Crippen LogP contribution is 2.40. The second kappa shape index (κ2) is 5.75. The van der Waals surface area contributed by atoms with Gasteiger partial charge in [-0.2, -0.15) is 0 Å². The lowest BCUT2D eigenvalue weighted by Crippen LogP contribution is -2.40. The number of hydrogen-bond acceptors (Lipinski definition) is 1. The van der Waals surface area contributed by atoms with Crippen LogP contribution in [0.15, 0.2) is 28.7 Å². The van der Waals surface area contributed by atoms with E-state index in [2.05, 4.69) is 45.5 Å². The first kappa shape index (κ1) is 12.7. The maximum Gasteiger partial charge on any atom is 0.0210 e. The van der Waals surface area contributed by atoms with E-state index >= 15 is 0 Å². The molecule has 18 heavy (non-hydrogen) atoms. The maximum absolute atomic E-state index is 3.71. The lowest BCUT2D eigenvalue weighted by Gasteiger charge is -2.37. The molecule has 98 valence electrons. The first-order valence-corrected chi connectivity index (χ1v) is 8.10. The van der Waals surface area contributed by atoms with Gasteiger partial charge in [0.15, 0.2) is 0 Å². The number of halogens is 1. The molecule has 2 aliphatic carbocycles. The van der Waals surface area contributed by atoms with Crippen molar-refractivity contribution in [1.29, 1.82) is 0 Å².